The Bertz CT molecular complexity index is 398. The lowest BCUT2D eigenvalue weighted by atomic mass is 10.1. The maximum absolute atomic E-state index is 12.0. The Morgan fingerprint density at radius 1 is 1.56 bits per heavy atom. The number of rotatable bonds is 1. The van der Waals surface area contributed by atoms with Crippen molar-refractivity contribution in [3.63, 3.8) is 0 Å². The maximum atomic E-state index is 12.0. The second-order valence-corrected chi connectivity index (χ2v) is 4.28. The molecule has 1 aliphatic rings. The van der Waals surface area contributed by atoms with E-state index < -0.39 is 0 Å². The van der Waals surface area contributed by atoms with E-state index in [0.29, 0.717) is 24.6 Å². The van der Waals surface area contributed by atoms with E-state index in [0.717, 1.165) is 0 Å². The largest absolute Gasteiger partial charge is 0.506 e. The minimum atomic E-state index is -0.122. The van der Waals surface area contributed by atoms with Crippen LogP contribution in [-0.4, -0.2) is 40.0 Å². The highest BCUT2D eigenvalue weighted by molar-refractivity contribution is 5.94. The summed E-state index contributed by atoms with van der Waals surface area (Å²) in [6, 6.07) is 1.46. The van der Waals surface area contributed by atoms with Gasteiger partial charge < -0.3 is 15.7 Å². The average molecular weight is 221 g/mol. The fourth-order valence-electron chi connectivity index (χ4n) is 1.89. The lowest BCUT2D eigenvalue weighted by Crippen LogP contribution is -2.32. The summed E-state index contributed by atoms with van der Waals surface area (Å²) in [7, 11) is 0. The molecule has 1 aromatic heterocycles. The first-order chi connectivity index (χ1) is 7.58. The van der Waals surface area contributed by atoms with Crippen molar-refractivity contribution in [1.29, 1.82) is 0 Å². The maximum Gasteiger partial charge on any atom is 0.255 e. The van der Waals surface area contributed by atoms with E-state index in [4.69, 9.17) is 5.73 Å². The molecular formula is C11H15N3O2. The summed E-state index contributed by atoms with van der Waals surface area (Å²) >= 11 is 0. The van der Waals surface area contributed by atoms with Gasteiger partial charge in [0.05, 0.1) is 11.8 Å². The Balaban J connectivity index is 2.14. The van der Waals surface area contributed by atoms with Crippen LogP contribution in [0.15, 0.2) is 18.5 Å². The molecule has 2 rings (SSSR count). The molecule has 2 unspecified atom stereocenters. The number of hydrogen-bond acceptors (Lipinski definition) is 4. The summed E-state index contributed by atoms with van der Waals surface area (Å²) < 4.78 is 0. The number of nitrogens with zero attached hydrogens (tertiary/aromatic N) is 2. The molecule has 0 saturated carbocycles. The van der Waals surface area contributed by atoms with Crippen molar-refractivity contribution in [3.05, 3.63) is 24.0 Å². The van der Waals surface area contributed by atoms with Crippen LogP contribution in [0.5, 0.6) is 5.75 Å². The van der Waals surface area contributed by atoms with Gasteiger partial charge in [-0.05, 0) is 12.0 Å². The number of aromatic nitrogens is 1. The molecule has 1 aromatic rings. The van der Waals surface area contributed by atoms with Crippen molar-refractivity contribution in [1.82, 2.24) is 9.88 Å². The highest BCUT2D eigenvalue weighted by Crippen LogP contribution is 2.18. The van der Waals surface area contributed by atoms with E-state index in [2.05, 4.69) is 4.98 Å². The van der Waals surface area contributed by atoms with Crippen molar-refractivity contribution in [2.24, 2.45) is 11.7 Å². The molecule has 3 N–H and O–H groups in total. The van der Waals surface area contributed by atoms with E-state index in [-0.39, 0.29) is 17.7 Å². The number of aromatic hydroxyl groups is 1. The molecule has 0 radical (unpaired) electrons. The van der Waals surface area contributed by atoms with E-state index in [1.54, 1.807) is 4.90 Å². The zero-order chi connectivity index (χ0) is 11.7. The summed E-state index contributed by atoms with van der Waals surface area (Å²) in [5, 5.41) is 9.25. The predicted molar refractivity (Wildman–Crippen MR) is 58.9 cm³/mol. The number of carbonyl (C=O) groups excluding carboxylic acids is 1. The second-order valence-electron chi connectivity index (χ2n) is 4.28. The molecule has 1 aliphatic heterocycles. The first kappa shape index (κ1) is 10.9. The molecule has 16 heavy (non-hydrogen) atoms. The van der Waals surface area contributed by atoms with E-state index in [1.807, 2.05) is 6.92 Å². The molecule has 2 atom stereocenters. The van der Waals surface area contributed by atoms with Crippen LogP contribution in [0.3, 0.4) is 0 Å². The number of pyridine rings is 1. The Kier molecular flexibility index (Phi) is 2.78. The minimum absolute atomic E-state index is 0.00222. The van der Waals surface area contributed by atoms with Gasteiger partial charge in [-0.1, -0.05) is 6.92 Å². The molecule has 0 bridgehead atoms. The van der Waals surface area contributed by atoms with Crippen molar-refractivity contribution < 1.29 is 9.90 Å². The lowest BCUT2D eigenvalue weighted by molar-refractivity contribution is 0.0786. The quantitative estimate of drug-likeness (QED) is 0.710. The average Bonchev–Trinajstić information content (AvgIpc) is 2.58. The van der Waals surface area contributed by atoms with Crippen LogP contribution in [0.4, 0.5) is 0 Å². The van der Waals surface area contributed by atoms with Crippen LogP contribution in [0.2, 0.25) is 0 Å². The number of nitrogens with two attached hydrogens (primary N) is 1. The van der Waals surface area contributed by atoms with Crippen molar-refractivity contribution in [2.45, 2.75) is 13.0 Å². The summed E-state index contributed by atoms with van der Waals surface area (Å²) in [6.07, 6.45) is 2.76. The van der Waals surface area contributed by atoms with Crippen molar-refractivity contribution >= 4 is 5.91 Å². The molecule has 1 saturated heterocycles. The molecule has 86 valence electrons. The summed E-state index contributed by atoms with van der Waals surface area (Å²) in [5.74, 6) is 0.194. The van der Waals surface area contributed by atoms with Crippen LogP contribution in [0.1, 0.15) is 17.3 Å². The SMILES string of the molecule is CC1CN(C(=O)c2cncc(O)c2)CC1N. The smallest absolute Gasteiger partial charge is 0.255 e. The molecular weight excluding hydrogens is 206 g/mol. The molecule has 0 aliphatic carbocycles. The third kappa shape index (κ3) is 1.99. The standard InChI is InChI=1S/C11H15N3O2/c1-7-5-14(6-10(7)12)11(16)8-2-9(15)4-13-3-8/h2-4,7,10,15H,5-6,12H2,1H3. The van der Waals surface area contributed by atoms with Crippen LogP contribution in [0.25, 0.3) is 0 Å². The zero-order valence-corrected chi connectivity index (χ0v) is 9.13. The predicted octanol–water partition coefficient (Wildman–Crippen LogP) is 0.206. The highest BCUT2D eigenvalue weighted by atomic mass is 16.3. The Hall–Kier alpha value is -1.62. The van der Waals surface area contributed by atoms with Gasteiger partial charge in [-0.25, -0.2) is 0 Å². The molecule has 2 heterocycles. The van der Waals surface area contributed by atoms with E-state index >= 15 is 0 Å². The van der Waals surface area contributed by atoms with Gasteiger partial charge in [0.2, 0.25) is 0 Å². The summed E-state index contributed by atoms with van der Waals surface area (Å²) in [6.45, 7) is 3.25. The Morgan fingerprint density at radius 3 is 2.88 bits per heavy atom. The van der Waals surface area contributed by atoms with Gasteiger partial charge in [0.15, 0.2) is 0 Å². The molecule has 5 heteroatoms. The molecule has 1 amide bonds. The van der Waals surface area contributed by atoms with Crippen molar-refractivity contribution in [2.75, 3.05) is 13.1 Å². The molecule has 1 fully saturated rings. The molecule has 0 aromatic carbocycles. The van der Waals surface area contributed by atoms with Gasteiger partial charge in [0.25, 0.3) is 5.91 Å². The van der Waals surface area contributed by atoms with Gasteiger partial charge in [0, 0.05) is 25.3 Å². The minimum Gasteiger partial charge on any atom is -0.506 e. The lowest BCUT2D eigenvalue weighted by Gasteiger charge is -2.15. The van der Waals surface area contributed by atoms with Gasteiger partial charge in [-0.2, -0.15) is 0 Å². The van der Waals surface area contributed by atoms with E-state index in [1.165, 1.54) is 18.5 Å². The van der Waals surface area contributed by atoms with Gasteiger partial charge >= 0.3 is 0 Å². The number of amides is 1. The molecule has 5 nitrogen and oxygen atoms in total. The first-order valence-electron chi connectivity index (χ1n) is 5.27. The zero-order valence-electron chi connectivity index (χ0n) is 9.13. The number of carbonyl (C=O) groups is 1. The number of likely N-dealkylation sites (tertiary alicyclic amines) is 1. The Morgan fingerprint density at radius 2 is 2.31 bits per heavy atom. The van der Waals surface area contributed by atoms with Crippen LogP contribution >= 0.6 is 0 Å². The molecule has 0 spiro atoms. The topological polar surface area (TPSA) is 79.5 Å². The van der Waals surface area contributed by atoms with Crippen LogP contribution < -0.4 is 5.73 Å². The highest BCUT2D eigenvalue weighted by Gasteiger charge is 2.30. The van der Waals surface area contributed by atoms with Crippen LogP contribution in [0, 0.1) is 5.92 Å². The normalized spacial score (nSPS) is 24.8. The van der Waals surface area contributed by atoms with Gasteiger partial charge in [-0.15, -0.1) is 0 Å². The Labute approximate surface area is 93.9 Å². The second kappa shape index (κ2) is 4.09. The van der Waals surface area contributed by atoms with Gasteiger partial charge in [-0.3, -0.25) is 9.78 Å². The fourth-order valence-corrected chi connectivity index (χ4v) is 1.89. The van der Waals surface area contributed by atoms with Crippen LogP contribution in [-0.2, 0) is 0 Å². The monoisotopic (exact) mass is 221 g/mol. The van der Waals surface area contributed by atoms with E-state index in [9.17, 15) is 9.90 Å². The van der Waals surface area contributed by atoms with Gasteiger partial charge in [0.1, 0.15) is 5.75 Å². The first-order valence-corrected chi connectivity index (χ1v) is 5.27. The summed E-state index contributed by atoms with van der Waals surface area (Å²) in [4.78, 5) is 17.5. The summed E-state index contributed by atoms with van der Waals surface area (Å²) in [5.41, 5.74) is 6.26. The third-order valence-electron chi connectivity index (χ3n) is 2.93. The van der Waals surface area contributed by atoms with Crippen molar-refractivity contribution in [3.8, 4) is 5.75 Å². The fraction of sp³-hybridized carbons (Fsp3) is 0.455. The third-order valence-corrected chi connectivity index (χ3v) is 2.93. The number of hydrogen-bond donors (Lipinski definition) is 2.